The molecule has 0 spiro atoms. The van der Waals surface area contributed by atoms with Crippen LogP contribution in [0.2, 0.25) is 5.02 Å². The molecule has 1 aliphatic carbocycles. The smallest absolute Gasteiger partial charge is 0.143 e. The zero-order chi connectivity index (χ0) is 15.8. The molecule has 0 N–H and O–H groups in total. The Morgan fingerprint density at radius 3 is 2.57 bits per heavy atom. The van der Waals surface area contributed by atoms with Crippen LogP contribution < -0.4 is 0 Å². The molecule has 23 heavy (non-hydrogen) atoms. The van der Waals surface area contributed by atoms with Crippen molar-refractivity contribution in [2.24, 2.45) is 0 Å². The summed E-state index contributed by atoms with van der Waals surface area (Å²) >= 11 is 6.42. The Bertz CT molecular complexity index is 1100. The first-order chi connectivity index (χ1) is 11.1. The molecule has 0 aliphatic heterocycles. The molecule has 1 aromatic heterocycles. The van der Waals surface area contributed by atoms with Gasteiger partial charge in [0.25, 0.3) is 0 Å². The maximum absolute atomic E-state index is 6.42. The van der Waals surface area contributed by atoms with E-state index in [-0.39, 0.29) is 5.41 Å². The summed E-state index contributed by atoms with van der Waals surface area (Å²) in [4.78, 5) is 0. The molecule has 0 unspecified atom stereocenters. The van der Waals surface area contributed by atoms with E-state index in [1.807, 2.05) is 18.2 Å². The largest absolute Gasteiger partial charge is 0.455 e. The Morgan fingerprint density at radius 1 is 0.870 bits per heavy atom. The van der Waals surface area contributed by atoms with E-state index in [0.29, 0.717) is 0 Å². The van der Waals surface area contributed by atoms with Gasteiger partial charge in [0, 0.05) is 21.8 Å². The van der Waals surface area contributed by atoms with Crippen LogP contribution in [0.5, 0.6) is 0 Å². The Kier molecular flexibility index (Phi) is 2.40. The van der Waals surface area contributed by atoms with Gasteiger partial charge in [0.2, 0.25) is 0 Å². The zero-order valence-corrected chi connectivity index (χ0v) is 13.7. The van der Waals surface area contributed by atoms with E-state index in [0.717, 1.165) is 27.0 Å². The molecular formula is C21H15ClO. The summed E-state index contributed by atoms with van der Waals surface area (Å²) in [5.41, 5.74) is 6.95. The fourth-order valence-corrected chi connectivity index (χ4v) is 4.29. The van der Waals surface area contributed by atoms with Crippen molar-refractivity contribution < 1.29 is 4.42 Å². The van der Waals surface area contributed by atoms with E-state index in [1.54, 1.807) is 0 Å². The molecule has 5 rings (SSSR count). The molecule has 0 amide bonds. The monoisotopic (exact) mass is 318 g/mol. The van der Waals surface area contributed by atoms with Gasteiger partial charge in [-0.1, -0.05) is 67.9 Å². The van der Waals surface area contributed by atoms with Crippen LogP contribution in [-0.4, -0.2) is 0 Å². The molecule has 0 saturated heterocycles. The lowest BCUT2D eigenvalue weighted by molar-refractivity contribution is 0.653. The average molecular weight is 319 g/mol. The number of fused-ring (bicyclic) bond motifs is 7. The van der Waals surface area contributed by atoms with Crippen molar-refractivity contribution >= 4 is 33.5 Å². The number of hydrogen-bond donors (Lipinski definition) is 0. The predicted molar refractivity (Wildman–Crippen MR) is 96.3 cm³/mol. The number of hydrogen-bond acceptors (Lipinski definition) is 1. The minimum absolute atomic E-state index is 0.0110. The van der Waals surface area contributed by atoms with E-state index in [4.69, 9.17) is 16.0 Å². The van der Waals surface area contributed by atoms with Crippen LogP contribution in [0.3, 0.4) is 0 Å². The first-order valence-corrected chi connectivity index (χ1v) is 8.21. The summed E-state index contributed by atoms with van der Waals surface area (Å²) in [6.07, 6.45) is 0. The number of halogens is 1. The van der Waals surface area contributed by atoms with Crippen molar-refractivity contribution in [3.8, 4) is 11.1 Å². The third kappa shape index (κ3) is 1.53. The molecule has 1 nitrogen and oxygen atoms in total. The molecule has 0 radical (unpaired) electrons. The maximum Gasteiger partial charge on any atom is 0.143 e. The van der Waals surface area contributed by atoms with Gasteiger partial charge < -0.3 is 4.42 Å². The quantitative estimate of drug-likeness (QED) is 0.358. The van der Waals surface area contributed by atoms with Crippen LogP contribution in [0.4, 0.5) is 0 Å². The van der Waals surface area contributed by atoms with Crippen molar-refractivity contribution in [1.29, 1.82) is 0 Å². The number of furan rings is 1. The molecule has 112 valence electrons. The van der Waals surface area contributed by atoms with Crippen LogP contribution in [0.25, 0.3) is 33.1 Å². The van der Waals surface area contributed by atoms with E-state index < -0.39 is 0 Å². The fraction of sp³-hybridized carbons (Fsp3) is 0.143. The van der Waals surface area contributed by atoms with Crippen LogP contribution in [0, 0.1) is 0 Å². The third-order valence-corrected chi connectivity index (χ3v) is 5.47. The second kappa shape index (κ2) is 4.18. The summed E-state index contributed by atoms with van der Waals surface area (Å²) in [6.45, 7) is 4.55. The van der Waals surface area contributed by atoms with Gasteiger partial charge in [0.15, 0.2) is 0 Å². The maximum atomic E-state index is 6.42. The topological polar surface area (TPSA) is 13.1 Å². The SMILES string of the molecule is CC1(C)c2ccccc2-c2c1ccc1c2oc2cccc(Cl)c21. The first kappa shape index (κ1) is 13.2. The van der Waals surface area contributed by atoms with Gasteiger partial charge >= 0.3 is 0 Å². The normalized spacial score (nSPS) is 15.1. The highest BCUT2D eigenvalue weighted by atomic mass is 35.5. The summed E-state index contributed by atoms with van der Waals surface area (Å²) in [5.74, 6) is 0. The summed E-state index contributed by atoms with van der Waals surface area (Å²) in [6, 6.07) is 18.8. The van der Waals surface area contributed by atoms with Crippen molar-refractivity contribution in [2.45, 2.75) is 19.3 Å². The van der Waals surface area contributed by atoms with E-state index >= 15 is 0 Å². The molecule has 4 aromatic rings. The summed E-state index contributed by atoms with van der Waals surface area (Å²) < 4.78 is 6.24. The lowest BCUT2D eigenvalue weighted by Crippen LogP contribution is -2.14. The van der Waals surface area contributed by atoms with Crippen LogP contribution >= 0.6 is 11.6 Å². The third-order valence-electron chi connectivity index (χ3n) is 5.16. The van der Waals surface area contributed by atoms with Gasteiger partial charge in [-0.05, 0) is 28.8 Å². The summed E-state index contributed by atoms with van der Waals surface area (Å²) in [7, 11) is 0. The molecule has 3 aromatic carbocycles. The first-order valence-electron chi connectivity index (χ1n) is 7.83. The molecule has 0 bridgehead atoms. The zero-order valence-electron chi connectivity index (χ0n) is 13.0. The van der Waals surface area contributed by atoms with Crippen molar-refractivity contribution in [3.05, 3.63) is 70.7 Å². The van der Waals surface area contributed by atoms with Gasteiger partial charge in [-0.15, -0.1) is 0 Å². The van der Waals surface area contributed by atoms with Gasteiger partial charge in [-0.2, -0.15) is 0 Å². The van der Waals surface area contributed by atoms with Gasteiger partial charge in [-0.25, -0.2) is 0 Å². The second-order valence-corrected chi connectivity index (χ2v) is 7.16. The minimum Gasteiger partial charge on any atom is -0.455 e. The highest BCUT2D eigenvalue weighted by Gasteiger charge is 2.37. The molecular weight excluding hydrogens is 304 g/mol. The van der Waals surface area contributed by atoms with Crippen molar-refractivity contribution in [1.82, 2.24) is 0 Å². The average Bonchev–Trinajstić information content (AvgIpc) is 3.03. The van der Waals surface area contributed by atoms with Crippen LogP contribution in [0.1, 0.15) is 25.0 Å². The lowest BCUT2D eigenvalue weighted by atomic mass is 9.82. The van der Waals surface area contributed by atoms with Crippen molar-refractivity contribution in [3.63, 3.8) is 0 Å². The summed E-state index contributed by atoms with van der Waals surface area (Å²) in [5, 5.41) is 2.85. The van der Waals surface area contributed by atoms with E-state index in [9.17, 15) is 0 Å². The minimum atomic E-state index is -0.0110. The molecule has 1 aliphatic rings. The number of benzene rings is 3. The Balaban J connectivity index is 2.02. The Morgan fingerprint density at radius 2 is 1.70 bits per heavy atom. The van der Waals surface area contributed by atoms with E-state index in [2.05, 4.69) is 50.2 Å². The fourth-order valence-electron chi connectivity index (χ4n) is 4.03. The number of rotatable bonds is 0. The molecule has 2 heteroatoms. The van der Waals surface area contributed by atoms with Crippen LogP contribution in [0.15, 0.2) is 59.0 Å². The van der Waals surface area contributed by atoms with Gasteiger partial charge in [0.05, 0.1) is 5.02 Å². The molecule has 0 atom stereocenters. The molecule has 1 heterocycles. The van der Waals surface area contributed by atoms with Gasteiger partial charge in [0.1, 0.15) is 11.2 Å². The standard InChI is InChI=1S/C21H15ClO/c1-21(2)14-7-4-3-6-12(14)18-15(21)11-10-13-19-16(22)8-5-9-17(19)23-20(13)18/h3-11H,1-2H3. The second-order valence-electron chi connectivity index (χ2n) is 6.75. The highest BCUT2D eigenvalue weighted by molar-refractivity contribution is 6.38. The van der Waals surface area contributed by atoms with E-state index in [1.165, 1.54) is 22.3 Å². The highest BCUT2D eigenvalue weighted by Crippen LogP contribution is 2.52. The Hall–Kier alpha value is -2.25. The molecule has 0 saturated carbocycles. The predicted octanol–water partition coefficient (Wildman–Crippen LogP) is 6.55. The van der Waals surface area contributed by atoms with Gasteiger partial charge in [-0.3, -0.25) is 0 Å². The van der Waals surface area contributed by atoms with Crippen molar-refractivity contribution in [2.75, 3.05) is 0 Å². The van der Waals surface area contributed by atoms with Crippen LogP contribution in [-0.2, 0) is 5.41 Å². The molecule has 0 fully saturated rings. The lowest BCUT2D eigenvalue weighted by Gasteiger charge is -2.21. The Labute approximate surface area is 139 Å².